The summed E-state index contributed by atoms with van der Waals surface area (Å²) in [5.74, 6) is 1.71. The van der Waals surface area contributed by atoms with Gasteiger partial charge in [-0.3, -0.25) is 0 Å². The summed E-state index contributed by atoms with van der Waals surface area (Å²) in [5.41, 5.74) is 3.77. The molecular formula is C26H28Cl2N2O4S. The first-order valence-corrected chi connectivity index (χ1v) is 14.6. The average molecular weight is 535 g/mol. The predicted molar refractivity (Wildman–Crippen MR) is 136 cm³/mol. The Kier molecular flexibility index (Phi) is 6.46. The van der Waals surface area contributed by atoms with Crippen LogP contribution in [-0.4, -0.2) is 39.3 Å². The van der Waals surface area contributed by atoms with Gasteiger partial charge in [-0.25, -0.2) is 13.1 Å². The van der Waals surface area contributed by atoms with Crippen LogP contribution in [-0.2, 0) is 16.4 Å². The van der Waals surface area contributed by atoms with Gasteiger partial charge in [0.25, 0.3) is 0 Å². The molecule has 4 aliphatic carbocycles. The number of alkyl halides is 1. The van der Waals surface area contributed by atoms with Gasteiger partial charge in [0.2, 0.25) is 10.0 Å². The van der Waals surface area contributed by atoms with Crippen molar-refractivity contribution in [3.63, 3.8) is 0 Å². The van der Waals surface area contributed by atoms with E-state index in [1.165, 1.54) is 17.4 Å². The van der Waals surface area contributed by atoms with Gasteiger partial charge < -0.3 is 9.47 Å². The monoisotopic (exact) mass is 534 g/mol. The van der Waals surface area contributed by atoms with Crippen LogP contribution in [0.2, 0.25) is 5.02 Å². The number of nitriles is 1. The van der Waals surface area contributed by atoms with Gasteiger partial charge in [0.15, 0.2) is 5.75 Å². The summed E-state index contributed by atoms with van der Waals surface area (Å²) in [6.45, 7) is 0.897. The Morgan fingerprint density at radius 2 is 1.97 bits per heavy atom. The van der Waals surface area contributed by atoms with Crippen LogP contribution in [0.25, 0.3) is 0 Å². The van der Waals surface area contributed by atoms with E-state index in [2.05, 4.69) is 22.9 Å². The number of hydrogen-bond donors (Lipinski definition) is 1. The van der Waals surface area contributed by atoms with Gasteiger partial charge in [0.05, 0.1) is 29.3 Å². The second-order valence-electron chi connectivity index (χ2n) is 10.3. The van der Waals surface area contributed by atoms with Crippen molar-refractivity contribution in [2.24, 2.45) is 5.41 Å². The molecule has 6 rings (SSSR count). The van der Waals surface area contributed by atoms with E-state index < -0.39 is 10.0 Å². The number of nitrogens with one attached hydrogen (secondary N) is 1. The lowest BCUT2D eigenvalue weighted by atomic mass is 9.40. The number of benzene rings is 2. The van der Waals surface area contributed by atoms with Crippen LogP contribution < -0.4 is 14.2 Å². The molecule has 2 bridgehead atoms. The first kappa shape index (κ1) is 24.7. The lowest BCUT2D eigenvalue weighted by molar-refractivity contribution is -0.162. The molecule has 3 saturated carbocycles. The second kappa shape index (κ2) is 9.15. The minimum absolute atomic E-state index is 0.0911. The average Bonchev–Trinajstić information content (AvgIpc) is 2.77. The van der Waals surface area contributed by atoms with Crippen molar-refractivity contribution < 1.29 is 17.9 Å². The first-order chi connectivity index (χ1) is 16.6. The van der Waals surface area contributed by atoms with Crippen LogP contribution >= 0.6 is 23.2 Å². The smallest absolute Gasteiger partial charge is 0.209 e. The molecule has 186 valence electrons. The standard InChI is InChI=1S/C26H28Cl2N2O4S/c1-35(31,32)30-26-13-25(14-26,15-26)16-34-20-5-6-22-17(10-20)3-2-4-21(22)18-9-19(12-29)24(23(28)11-18)33-8-7-27/h5-6,9-11,21,30H,2-4,7-8,13-16H2,1H3. The maximum atomic E-state index is 11.5. The number of aryl methyl sites for hydroxylation is 1. The van der Waals surface area contributed by atoms with Gasteiger partial charge in [0.1, 0.15) is 18.4 Å². The highest BCUT2D eigenvalue weighted by Gasteiger charge is 2.69. The summed E-state index contributed by atoms with van der Waals surface area (Å²) in [6, 6.07) is 12.3. The molecule has 35 heavy (non-hydrogen) atoms. The van der Waals surface area contributed by atoms with Gasteiger partial charge >= 0.3 is 0 Å². The Morgan fingerprint density at radius 3 is 2.66 bits per heavy atom. The zero-order chi connectivity index (χ0) is 24.8. The number of sulfonamides is 1. The number of nitrogens with zero attached hydrogens (tertiary/aromatic N) is 1. The highest BCUT2D eigenvalue weighted by atomic mass is 35.5. The lowest BCUT2D eigenvalue weighted by Crippen LogP contribution is -2.76. The SMILES string of the molecule is CS(=O)(=O)NC12CC(COc3ccc4c(c3)CCCC4c3cc(Cl)c(OCCCl)c(C#N)c3)(C1)C2. The highest BCUT2D eigenvalue weighted by Crippen LogP contribution is 2.67. The minimum Gasteiger partial charge on any atom is -0.493 e. The fourth-order valence-corrected chi connectivity index (χ4v) is 7.66. The zero-order valence-electron chi connectivity index (χ0n) is 19.6. The topological polar surface area (TPSA) is 88.4 Å². The number of halogens is 2. The van der Waals surface area contributed by atoms with Crippen molar-refractivity contribution in [2.45, 2.75) is 50.0 Å². The Morgan fingerprint density at radius 1 is 1.20 bits per heavy atom. The largest absolute Gasteiger partial charge is 0.493 e. The Labute approximate surface area is 216 Å². The van der Waals surface area contributed by atoms with Crippen molar-refractivity contribution in [1.29, 1.82) is 5.26 Å². The van der Waals surface area contributed by atoms with E-state index in [1.807, 2.05) is 18.2 Å². The molecule has 9 heteroatoms. The normalized spacial score (nSPS) is 26.6. The molecule has 6 nitrogen and oxygen atoms in total. The second-order valence-corrected chi connectivity index (χ2v) is 12.8. The van der Waals surface area contributed by atoms with Crippen molar-refractivity contribution in [1.82, 2.24) is 4.72 Å². The third-order valence-corrected chi connectivity index (χ3v) is 8.67. The Balaban J connectivity index is 1.29. The number of hydrogen-bond acceptors (Lipinski definition) is 5. The maximum Gasteiger partial charge on any atom is 0.209 e. The molecule has 1 unspecified atom stereocenters. The third-order valence-electron chi connectivity index (χ3n) is 7.43. The van der Waals surface area contributed by atoms with Crippen LogP contribution in [0, 0.1) is 16.7 Å². The summed E-state index contributed by atoms with van der Waals surface area (Å²) in [5, 5.41) is 10.1. The summed E-state index contributed by atoms with van der Waals surface area (Å²) in [4.78, 5) is 0. The van der Waals surface area contributed by atoms with E-state index in [4.69, 9.17) is 32.7 Å². The molecule has 1 atom stereocenters. The van der Waals surface area contributed by atoms with Crippen molar-refractivity contribution >= 4 is 33.2 Å². The zero-order valence-corrected chi connectivity index (χ0v) is 21.9. The fraction of sp³-hybridized carbons (Fsp3) is 0.500. The molecule has 0 amide bonds. The molecule has 1 N–H and O–H groups in total. The molecular weight excluding hydrogens is 507 g/mol. The van der Waals surface area contributed by atoms with Crippen LogP contribution in [0.1, 0.15) is 60.3 Å². The van der Waals surface area contributed by atoms with Gasteiger partial charge in [-0.05, 0) is 79.5 Å². The summed E-state index contributed by atoms with van der Waals surface area (Å²) in [6.07, 6.45) is 6.73. The maximum absolute atomic E-state index is 11.5. The molecule has 4 aliphatic rings. The Bertz CT molecular complexity index is 1290. The van der Waals surface area contributed by atoms with Crippen LogP contribution in [0.4, 0.5) is 0 Å². The van der Waals surface area contributed by atoms with Crippen LogP contribution in [0.5, 0.6) is 11.5 Å². The van der Waals surface area contributed by atoms with E-state index in [1.54, 1.807) is 0 Å². The van der Waals surface area contributed by atoms with E-state index in [0.29, 0.717) is 35.4 Å². The summed E-state index contributed by atoms with van der Waals surface area (Å²) in [7, 11) is -3.18. The fourth-order valence-electron chi connectivity index (χ4n) is 6.30. The number of fused-ring (bicyclic) bond motifs is 1. The predicted octanol–water partition coefficient (Wildman–Crippen LogP) is 5.15. The molecule has 0 heterocycles. The lowest BCUT2D eigenvalue weighted by Gasteiger charge is -2.69. The quantitative estimate of drug-likeness (QED) is 0.449. The van der Waals surface area contributed by atoms with Gasteiger partial charge in [-0.2, -0.15) is 5.26 Å². The molecule has 0 aromatic heterocycles. The molecule has 0 aliphatic heterocycles. The molecule has 3 fully saturated rings. The summed E-state index contributed by atoms with van der Waals surface area (Å²) < 4.78 is 37.7. The summed E-state index contributed by atoms with van der Waals surface area (Å²) >= 11 is 12.2. The molecule has 0 radical (unpaired) electrons. The van der Waals surface area contributed by atoms with E-state index in [9.17, 15) is 13.7 Å². The molecule has 2 aromatic carbocycles. The van der Waals surface area contributed by atoms with Crippen molar-refractivity contribution in [3.05, 3.63) is 57.6 Å². The Hall–Kier alpha value is -1.98. The molecule has 0 spiro atoms. The first-order valence-electron chi connectivity index (χ1n) is 11.8. The van der Waals surface area contributed by atoms with E-state index in [0.717, 1.165) is 49.8 Å². The van der Waals surface area contributed by atoms with Crippen molar-refractivity contribution in [2.75, 3.05) is 25.3 Å². The van der Waals surface area contributed by atoms with Gasteiger partial charge in [0, 0.05) is 16.9 Å². The number of rotatable bonds is 9. The minimum atomic E-state index is -3.18. The third kappa shape index (κ3) is 4.86. The number of ether oxygens (including phenoxy) is 2. The molecule has 2 aromatic rings. The van der Waals surface area contributed by atoms with Crippen molar-refractivity contribution in [3.8, 4) is 17.6 Å². The van der Waals surface area contributed by atoms with E-state index in [-0.39, 0.29) is 16.9 Å². The van der Waals surface area contributed by atoms with Gasteiger partial charge in [-0.15, -0.1) is 11.6 Å². The van der Waals surface area contributed by atoms with Crippen LogP contribution in [0.15, 0.2) is 30.3 Å². The van der Waals surface area contributed by atoms with E-state index >= 15 is 0 Å². The highest BCUT2D eigenvalue weighted by molar-refractivity contribution is 7.88. The van der Waals surface area contributed by atoms with Gasteiger partial charge in [-0.1, -0.05) is 17.7 Å². The van der Waals surface area contributed by atoms with Crippen LogP contribution in [0.3, 0.4) is 0 Å². The molecule has 0 saturated heterocycles.